The van der Waals surface area contributed by atoms with Crippen molar-refractivity contribution in [3.8, 4) is 11.8 Å². The lowest BCUT2D eigenvalue weighted by atomic mass is 10.0. The van der Waals surface area contributed by atoms with Crippen molar-refractivity contribution >= 4 is 22.4 Å². The monoisotopic (exact) mass is 300 g/mol. The fourth-order valence-corrected chi connectivity index (χ4v) is 2.54. The molecule has 0 aliphatic rings. The number of nitriles is 1. The predicted octanol–water partition coefficient (Wildman–Crippen LogP) is 4.70. The lowest BCUT2D eigenvalue weighted by Gasteiger charge is -2.11. The number of aromatic nitrogens is 1. The molecule has 0 saturated heterocycles. The number of hydrogen-bond acceptors (Lipinski definition) is 3. The van der Waals surface area contributed by atoms with Crippen molar-refractivity contribution in [1.29, 1.82) is 5.26 Å². The van der Waals surface area contributed by atoms with E-state index in [-0.39, 0.29) is 0 Å². The molecule has 3 nitrogen and oxygen atoms in total. The molecular weight excluding hydrogens is 284 g/mol. The first-order chi connectivity index (χ1) is 11.3. The summed E-state index contributed by atoms with van der Waals surface area (Å²) in [5.74, 6) is 0.773. The van der Waals surface area contributed by atoms with Gasteiger partial charge in [-0.05, 0) is 42.0 Å². The van der Waals surface area contributed by atoms with Gasteiger partial charge in [0.2, 0.25) is 0 Å². The zero-order valence-corrected chi connectivity index (χ0v) is 12.9. The molecule has 0 amide bonds. The third-order valence-corrected chi connectivity index (χ3v) is 3.58. The van der Waals surface area contributed by atoms with Crippen LogP contribution in [-0.4, -0.2) is 11.6 Å². The molecule has 0 bridgehead atoms. The van der Waals surface area contributed by atoms with Crippen molar-refractivity contribution < 1.29 is 4.74 Å². The van der Waals surface area contributed by atoms with Crippen LogP contribution in [0.15, 0.2) is 60.8 Å². The molecule has 0 N–H and O–H groups in total. The van der Waals surface area contributed by atoms with Gasteiger partial charge in [-0.1, -0.05) is 36.4 Å². The summed E-state index contributed by atoms with van der Waals surface area (Å²) in [6, 6.07) is 19.8. The van der Waals surface area contributed by atoms with Crippen molar-refractivity contribution in [2.75, 3.05) is 6.61 Å². The highest BCUT2D eigenvalue weighted by Gasteiger charge is 2.09. The Bertz CT molecular complexity index is 892. The number of rotatable bonds is 4. The van der Waals surface area contributed by atoms with Crippen LogP contribution in [0.5, 0.6) is 5.75 Å². The first-order valence-electron chi connectivity index (χ1n) is 7.51. The van der Waals surface area contributed by atoms with E-state index in [1.165, 1.54) is 0 Å². The van der Waals surface area contributed by atoms with Crippen LogP contribution in [-0.2, 0) is 0 Å². The molecule has 3 rings (SSSR count). The van der Waals surface area contributed by atoms with Crippen molar-refractivity contribution in [3.05, 3.63) is 72.1 Å². The topological polar surface area (TPSA) is 45.9 Å². The lowest BCUT2D eigenvalue weighted by molar-refractivity contribution is 0.340. The largest absolute Gasteiger partial charge is 0.493 e. The number of allylic oxidation sites excluding steroid dienone is 1. The summed E-state index contributed by atoms with van der Waals surface area (Å²) in [5.41, 5.74) is 2.08. The molecule has 2 aromatic carbocycles. The van der Waals surface area contributed by atoms with Crippen LogP contribution >= 0.6 is 0 Å². The molecule has 0 fully saturated rings. The van der Waals surface area contributed by atoms with Gasteiger partial charge in [-0.25, -0.2) is 0 Å². The molecule has 0 aliphatic heterocycles. The second-order valence-electron chi connectivity index (χ2n) is 5.02. The SMILES string of the molecule is CCOc1ccc2ccccc2c1/C=C(\C#N)c1ccccn1. The summed E-state index contributed by atoms with van der Waals surface area (Å²) < 4.78 is 5.75. The van der Waals surface area contributed by atoms with Crippen LogP contribution in [0.3, 0.4) is 0 Å². The summed E-state index contributed by atoms with van der Waals surface area (Å²) in [5, 5.41) is 11.7. The predicted molar refractivity (Wildman–Crippen MR) is 92.8 cm³/mol. The van der Waals surface area contributed by atoms with E-state index in [1.807, 2.05) is 61.5 Å². The highest BCUT2D eigenvalue weighted by atomic mass is 16.5. The molecule has 23 heavy (non-hydrogen) atoms. The Kier molecular flexibility index (Phi) is 4.35. The number of hydrogen-bond donors (Lipinski definition) is 0. The van der Waals surface area contributed by atoms with Gasteiger partial charge in [-0.15, -0.1) is 0 Å². The van der Waals surface area contributed by atoms with Crippen LogP contribution in [0.25, 0.3) is 22.4 Å². The molecule has 1 heterocycles. The molecule has 3 heteroatoms. The number of pyridine rings is 1. The second kappa shape index (κ2) is 6.76. The van der Waals surface area contributed by atoms with Crippen molar-refractivity contribution in [2.45, 2.75) is 6.92 Å². The van der Waals surface area contributed by atoms with E-state index >= 15 is 0 Å². The van der Waals surface area contributed by atoms with Crippen molar-refractivity contribution in [1.82, 2.24) is 4.98 Å². The van der Waals surface area contributed by atoms with E-state index in [0.717, 1.165) is 22.1 Å². The first-order valence-corrected chi connectivity index (χ1v) is 7.51. The number of nitrogens with zero attached hydrogens (tertiary/aromatic N) is 2. The summed E-state index contributed by atoms with van der Waals surface area (Å²) >= 11 is 0. The van der Waals surface area contributed by atoms with Crippen LogP contribution in [0, 0.1) is 11.3 Å². The van der Waals surface area contributed by atoms with Crippen LogP contribution < -0.4 is 4.74 Å². The van der Waals surface area contributed by atoms with Gasteiger partial charge in [-0.2, -0.15) is 5.26 Å². The van der Waals surface area contributed by atoms with E-state index in [2.05, 4.69) is 17.1 Å². The van der Waals surface area contributed by atoms with Crippen LogP contribution in [0.1, 0.15) is 18.2 Å². The second-order valence-corrected chi connectivity index (χ2v) is 5.02. The van der Waals surface area contributed by atoms with E-state index in [4.69, 9.17) is 4.74 Å². The minimum absolute atomic E-state index is 0.517. The smallest absolute Gasteiger partial charge is 0.127 e. The molecule has 0 saturated carbocycles. The molecule has 0 unspecified atom stereocenters. The highest BCUT2D eigenvalue weighted by molar-refractivity contribution is 5.99. The van der Waals surface area contributed by atoms with Gasteiger partial charge in [0.25, 0.3) is 0 Å². The molecular formula is C20H16N2O. The van der Waals surface area contributed by atoms with E-state index in [1.54, 1.807) is 6.20 Å². The van der Waals surface area contributed by atoms with E-state index in [0.29, 0.717) is 17.9 Å². The quantitative estimate of drug-likeness (QED) is 0.656. The summed E-state index contributed by atoms with van der Waals surface area (Å²) in [4.78, 5) is 4.27. The van der Waals surface area contributed by atoms with E-state index in [9.17, 15) is 5.26 Å². The Morgan fingerprint density at radius 1 is 1.13 bits per heavy atom. The van der Waals surface area contributed by atoms with Gasteiger partial charge in [-0.3, -0.25) is 4.98 Å². The number of benzene rings is 2. The van der Waals surface area contributed by atoms with Crippen LogP contribution in [0.2, 0.25) is 0 Å². The van der Waals surface area contributed by atoms with Crippen LogP contribution in [0.4, 0.5) is 0 Å². The third kappa shape index (κ3) is 3.07. The maximum atomic E-state index is 9.53. The molecule has 0 aliphatic carbocycles. The molecule has 0 radical (unpaired) electrons. The lowest BCUT2D eigenvalue weighted by Crippen LogP contribution is -1.95. The average Bonchev–Trinajstić information content (AvgIpc) is 2.61. The summed E-state index contributed by atoms with van der Waals surface area (Å²) in [6.07, 6.45) is 3.54. The standard InChI is InChI=1S/C20H16N2O/c1-2-23-20-11-10-15-7-3-4-8-17(15)18(20)13-16(14-21)19-9-5-6-12-22-19/h3-13H,2H2,1H3/b16-13+. The Morgan fingerprint density at radius 3 is 2.70 bits per heavy atom. The summed E-state index contributed by atoms with van der Waals surface area (Å²) in [6.45, 7) is 2.53. The van der Waals surface area contributed by atoms with E-state index < -0.39 is 0 Å². The zero-order chi connectivity index (χ0) is 16.1. The third-order valence-electron chi connectivity index (χ3n) is 3.58. The minimum Gasteiger partial charge on any atom is -0.493 e. The molecule has 0 atom stereocenters. The Labute approximate surface area is 135 Å². The fraction of sp³-hybridized carbons (Fsp3) is 0.100. The Hall–Kier alpha value is -3.12. The minimum atomic E-state index is 0.517. The molecule has 1 aromatic heterocycles. The first kappa shape index (κ1) is 14.8. The normalized spacial score (nSPS) is 11.2. The Balaban J connectivity index is 2.23. The maximum Gasteiger partial charge on any atom is 0.127 e. The van der Waals surface area contributed by atoms with Gasteiger partial charge in [0, 0.05) is 11.8 Å². The maximum absolute atomic E-state index is 9.53. The highest BCUT2D eigenvalue weighted by Crippen LogP contribution is 2.31. The average molecular weight is 300 g/mol. The molecule has 112 valence electrons. The van der Waals surface area contributed by atoms with Crippen molar-refractivity contribution in [2.24, 2.45) is 0 Å². The zero-order valence-electron chi connectivity index (χ0n) is 12.9. The van der Waals surface area contributed by atoms with Gasteiger partial charge in [0.05, 0.1) is 17.9 Å². The van der Waals surface area contributed by atoms with Gasteiger partial charge < -0.3 is 4.74 Å². The molecule has 3 aromatic rings. The molecule has 0 spiro atoms. The van der Waals surface area contributed by atoms with Gasteiger partial charge >= 0.3 is 0 Å². The fourth-order valence-electron chi connectivity index (χ4n) is 2.54. The van der Waals surface area contributed by atoms with Gasteiger partial charge in [0.15, 0.2) is 0 Å². The van der Waals surface area contributed by atoms with Crippen molar-refractivity contribution in [3.63, 3.8) is 0 Å². The van der Waals surface area contributed by atoms with Gasteiger partial charge in [0.1, 0.15) is 11.8 Å². The number of ether oxygens (including phenoxy) is 1. The summed E-state index contributed by atoms with van der Waals surface area (Å²) in [7, 11) is 0. The Morgan fingerprint density at radius 2 is 1.96 bits per heavy atom. The number of fused-ring (bicyclic) bond motifs is 1.